The Morgan fingerprint density at radius 3 is 2.75 bits per heavy atom. The summed E-state index contributed by atoms with van der Waals surface area (Å²) >= 11 is 0. The van der Waals surface area contributed by atoms with Crippen molar-refractivity contribution in [2.24, 2.45) is 12.0 Å². The van der Waals surface area contributed by atoms with Crippen LogP contribution in [0.1, 0.15) is 19.0 Å². The summed E-state index contributed by atoms with van der Waals surface area (Å²) in [5.74, 6) is 1.06. The van der Waals surface area contributed by atoms with Crippen LogP contribution in [0.25, 0.3) is 0 Å². The molecule has 1 aliphatic heterocycles. The third-order valence-corrected chi connectivity index (χ3v) is 5.92. The van der Waals surface area contributed by atoms with Crippen LogP contribution in [0.3, 0.4) is 0 Å². The molecule has 1 saturated heterocycles. The Bertz CT molecular complexity index is 644. The first-order valence-electron chi connectivity index (χ1n) is 8.01. The van der Waals surface area contributed by atoms with Crippen molar-refractivity contribution < 1.29 is 8.42 Å². The predicted octanol–water partition coefficient (Wildman–Crippen LogP) is 1.08. The van der Waals surface area contributed by atoms with Gasteiger partial charge >= 0.3 is 0 Å². The molecule has 2 rings (SSSR count). The van der Waals surface area contributed by atoms with Crippen LogP contribution in [0.4, 0.5) is 0 Å². The number of nitrogens with one attached hydrogen (secondary N) is 1. The second kappa shape index (κ2) is 9.62. The van der Waals surface area contributed by atoms with Gasteiger partial charge in [0.1, 0.15) is 0 Å². The molecule has 0 bridgehead atoms. The quantitative estimate of drug-likeness (QED) is 0.385. The highest BCUT2D eigenvalue weighted by molar-refractivity contribution is 14.0. The molecule has 0 spiro atoms. The Labute approximate surface area is 162 Å². The molecule has 0 amide bonds. The Balaban J connectivity index is 0.00000288. The molecule has 0 unspecified atom stereocenters. The summed E-state index contributed by atoms with van der Waals surface area (Å²) in [6, 6.07) is 4.10. The van der Waals surface area contributed by atoms with Gasteiger partial charge in [-0.1, -0.05) is 0 Å². The van der Waals surface area contributed by atoms with E-state index in [0.29, 0.717) is 19.6 Å². The van der Waals surface area contributed by atoms with Crippen LogP contribution in [-0.2, 0) is 23.6 Å². The second-order valence-corrected chi connectivity index (χ2v) is 7.86. The monoisotopic (exact) mass is 469 g/mol. The maximum Gasteiger partial charge on any atom is 0.214 e. The van der Waals surface area contributed by atoms with E-state index in [1.807, 2.05) is 33.3 Å². The van der Waals surface area contributed by atoms with Crippen molar-refractivity contribution in [3.05, 3.63) is 24.0 Å². The minimum absolute atomic E-state index is 0. The van der Waals surface area contributed by atoms with Crippen molar-refractivity contribution >= 4 is 40.0 Å². The van der Waals surface area contributed by atoms with Crippen molar-refractivity contribution in [1.29, 1.82) is 0 Å². The first-order valence-corrected chi connectivity index (χ1v) is 9.62. The van der Waals surface area contributed by atoms with Gasteiger partial charge < -0.3 is 14.8 Å². The Kier molecular flexibility index (Phi) is 8.51. The predicted molar refractivity (Wildman–Crippen MR) is 108 cm³/mol. The third kappa shape index (κ3) is 5.62. The summed E-state index contributed by atoms with van der Waals surface area (Å²) in [6.07, 6.45) is 2.74. The lowest BCUT2D eigenvalue weighted by atomic mass is 10.4. The van der Waals surface area contributed by atoms with E-state index in [9.17, 15) is 8.42 Å². The fourth-order valence-corrected chi connectivity index (χ4v) is 4.18. The van der Waals surface area contributed by atoms with Crippen LogP contribution in [-0.4, -0.2) is 67.1 Å². The van der Waals surface area contributed by atoms with Crippen LogP contribution in [0.5, 0.6) is 0 Å². The second-order valence-electron chi connectivity index (χ2n) is 5.77. The molecule has 0 atom stereocenters. The molecule has 138 valence electrons. The van der Waals surface area contributed by atoms with E-state index in [0.717, 1.165) is 25.5 Å². The molecule has 0 radical (unpaired) electrons. The SMILES string of the molecule is CCNC(=NCCN1CCCS1(=O)=O)N(C)Cc1cccn1C.I. The Morgan fingerprint density at radius 1 is 1.46 bits per heavy atom. The number of sulfonamides is 1. The maximum absolute atomic E-state index is 11.8. The number of nitrogens with zero attached hydrogens (tertiary/aromatic N) is 4. The average Bonchev–Trinajstić information content (AvgIpc) is 3.04. The van der Waals surface area contributed by atoms with E-state index in [1.54, 1.807) is 0 Å². The summed E-state index contributed by atoms with van der Waals surface area (Å²) in [6.45, 7) is 5.09. The minimum Gasteiger partial charge on any atom is -0.357 e. The van der Waals surface area contributed by atoms with E-state index in [4.69, 9.17) is 0 Å². The summed E-state index contributed by atoms with van der Waals surface area (Å²) in [5.41, 5.74) is 1.19. The van der Waals surface area contributed by atoms with Crippen LogP contribution >= 0.6 is 24.0 Å². The molecule has 0 aromatic carbocycles. The molecular weight excluding hydrogens is 441 g/mol. The van der Waals surface area contributed by atoms with E-state index in [2.05, 4.69) is 25.8 Å². The topological polar surface area (TPSA) is 69.9 Å². The lowest BCUT2D eigenvalue weighted by Gasteiger charge is -2.22. The van der Waals surface area contributed by atoms with Gasteiger partial charge in [-0.05, 0) is 25.5 Å². The normalized spacial score (nSPS) is 17.5. The number of halogens is 1. The van der Waals surface area contributed by atoms with Gasteiger partial charge in [0.15, 0.2) is 5.96 Å². The fraction of sp³-hybridized carbons (Fsp3) is 0.667. The summed E-state index contributed by atoms with van der Waals surface area (Å²) in [5, 5.41) is 3.26. The molecule has 7 nitrogen and oxygen atoms in total. The average molecular weight is 469 g/mol. The minimum atomic E-state index is -3.04. The highest BCUT2D eigenvalue weighted by Crippen LogP contribution is 2.12. The molecule has 1 aromatic heterocycles. The van der Waals surface area contributed by atoms with Gasteiger partial charge in [-0.2, -0.15) is 0 Å². The van der Waals surface area contributed by atoms with Crippen molar-refractivity contribution in [2.45, 2.75) is 19.9 Å². The standard InChI is InChI=1S/C15H27N5O2S.HI/c1-4-16-15(19(3)13-14-7-5-9-18(14)2)17-8-11-20-10-6-12-23(20,21)22;/h5,7,9H,4,6,8,10-13H2,1-3H3,(H,16,17);1H. The number of aromatic nitrogens is 1. The van der Waals surface area contributed by atoms with Crippen LogP contribution < -0.4 is 5.32 Å². The lowest BCUT2D eigenvalue weighted by molar-refractivity contribution is 0.442. The number of aliphatic imine (C=N–C) groups is 1. The largest absolute Gasteiger partial charge is 0.357 e. The molecule has 2 heterocycles. The third-order valence-electron chi connectivity index (χ3n) is 3.96. The lowest BCUT2D eigenvalue weighted by Crippen LogP contribution is -2.39. The number of hydrogen-bond acceptors (Lipinski definition) is 3. The van der Waals surface area contributed by atoms with E-state index >= 15 is 0 Å². The molecule has 1 fully saturated rings. The first-order chi connectivity index (χ1) is 10.9. The van der Waals surface area contributed by atoms with Crippen LogP contribution in [0.15, 0.2) is 23.3 Å². The first kappa shape index (κ1) is 21.2. The molecule has 24 heavy (non-hydrogen) atoms. The zero-order valence-corrected chi connectivity index (χ0v) is 17.8. The summed E-state index contributed by atoms with van der Waals surface area (Å²) in [7, 11) is 0.969. The molecule has 0 saturated carbocycles. The molecule has 1 N–H and O–H groups in total. The van der Waals surface area contributed by atoms with Gasteiger partial charge in [0, 0.05) is 45.6 Å². The number of rotatable bonds is 6. The van der Waals surface area contributed by atoms with Crippen molar-refractivity contribution in [2.75, 3.05) is 39.0 Å². The van der Waals surface area contributed by atoms with Crippen LogP contribution in [0, 0.1) is 0 Å². The summed E-state index contributed by atoms with van der Waals surface area (Å²) in [4.78, 5) is 6.62. The smallest absolute Gasteiger partial charge is 0.214 e. The Morgan fingerprint density at radius 2 is 2.21 bits per heavy atom. The zero-order chi connectivity index (χ0) is 16.9. The van der Waals surface area contributed by atoms with Gasteiger partial charge in [0.25, 0.3) is 0 Å². The Hall–Kier alpha value is -0.810. The number of guanidine groups is 1. The highest BCUT2D eigenvalue weighted by atomic mass is 127. The number of aryl methyl sites for hydroxylation is 1. The van der Waals surface area contributed by atoms with Gasteiger partial charge in [-0.3, -0.25) is 4.99 Å². The molecule has 1 aromatic rings. The van der Waals surface area contributed by atoms with Gasteiger partial charge in [-0.15, -0.1) is 24.0 Å². The summed E-state index contributed by atoms with van der Waals surface area (Å²) < 4.78 is 27.2. The fourth-order valence-electron chi connectivity index (χ4n) is 2.66. The molecule has 0 aliphatic carbocycles. The van der Waals surface area contributed by atoms with Crippen molar-refractivity contribution in [3.63, 3.8) is 0 Å². The zero-order valence-electron chi connectivity index (χ0n) is 14.6. The maximum atomic E-state index is 11.8. The molecule has 9 heteroatoms. The number of hydrogen-bond donors (Lipinski definition) is 1. The van der Waals surface area contributed by atoms with Crippen molar-refractivity contribution in [3.8, 4) is 0 Å². The van der Waals surface area contributed by atoms with E-state index < -0.39 is 10.0 Å². The van der Waals surface area contributed by atoms with Gasteiger partial charge in [0.2, 0.25) is 10.0 Å². The highest BCUT2D eigenvalue weighted by Gasteiger charge is 2.27. The molecule has 1 aliphatic rings. The van der Waals surface area contributed by atoms with Gasteiger partial charge in [-0.25, -0.2) is 12.7 Å². The van der Waals surface area contributed by atoms with Crippen molar-refractivity contribution in [1.82, 2.24) is 19.1 Å². The van der Waals surface area contributed by atoms with Crippen LogP contribution in [0.2, 0.25) is 0 Å². The van der Waals surface area contributed by atoms with Gasteiger partial charge in [0.05, 0.1) is 18.8 Å². The van der Waals surface area contributed by atoms with E-state index in [-0.39, 0.29) is 29.7 Å². The molecular formula is C15H28IN5O2S. The van der Waals surface area contributed by atoms with E-state index in [1.165, 1.54) is 10.00 Å².